The molecule has 0 spiro atoms. The number of halogens is 1. The van der Waals surface area contributed by atoms with Gasteiger partial charge < -0.3 is 10.1 Å². The highest BCUT2D eigenvalue weighted by Gasteiger charge is 2.24. The number of aromatic nitrogens is 1. The Kier molecular flexibility index (Phi) is 5.94. The fourth-order valence-electron chi connectivity index (χ4n) is 3.13. The summed E-state index contributed by atoms with van der Waals surface area (Å²) in [7, 11) is -3.72. The summed E-state index contributed by atoms with van der Waals surface area (Å²) in [6.45, 7) is 0.502. The largest absolute Gasteiger partial charge is 0.493 e. The van der Waals surface area contributed by atoms with E-state index < -0.39 is 10.0 Å². The first-order chi connectivity index (χ1) is 14.4. The van der Waals surface area contributed by atoms with Crippen molar-refractivity contribution in [3.63, 3.8) is 0 Å². The molecule has 10 heteroatoms. The van der Waals surface area contributed by atoms with Gasteiger partial charge in [-0.2, -0.15) is 0 Å². The number of ether oxygens (including phenoxy) is 1. The van der Waals surface area contributed by atoms with Gasteiger partial charge in [0.25, 0.3) is 10.0 Å². The van der Waals surface area contributed by atoms with E-state index in [0.29, 0.717) is 29.5 Å². The SMILES string of the molecule is O=C(Cc1csc(NS(=O)(=O)c2ccccc2)n1)NC1CCOc2ccc(Cl)cc21. The van der Waals surface area contributed by atoms with Gasteiger partial charge in [0, 0.05) is 22.4 Å². The summed E-state index contributed by atoms with van der Waals surface area (Å²) in [4.78, 5) is 16.9. The smallest absolute Gasteiger partial charge is 0.263 e. The molecular weight excluding hydrogens is 446 g/mol. The van der Waals surface area contributed by atoms with Crippen LogP contribution < -0.4 is 14.8 Å². The van der Waals surface area contributed by atoms with Gasteiger partial charge in [-0.15, -0.1) is 11.3 Å². The molecule has 1 aliphatic heterocycles. The standard InChI is InChI=1S/C20H18ClN3O4S2/c21-13-6-7-18-16(10-13)17(8-9-28-18)23-19(25)11-14-12-29-20(22-14)24-30(26,27)15-4-2-1-3-5-15/h1-7,10,12,17H,8-9,11H2,(H,22,24)(H,23,25). The molecule has 2 N–H and O–H groups in total. The van der Waals surface area contributed by atoms with Gasteiger partial charge in [0.15, 0.2) is 5.13 Å². The lowest BCUT2D eigenvalue weighted by Crippen LogP contribution is -2.33. The van der Waals surface area contributed by atoms with Crippen molar-refractivity contribution in [2.75, 3.05) is 11.3 Å². The molecule has 7 nitrogen and oxygen atoms in total. The number of hydrogen-bond donors (Lipinski definition) is 2. The molecule has 30 heavy (non-hydrogen) atoms. The third-order valence-corrected chi connectivity index (χ3v) is 7.04. The number of nitrogens with one attached hydrogen (secondary N) is 2. The van der Waals surface area contributed by atoms with Crippen LogP contribution in [-0.2, 0) is 21.2 Å². The number of thiazole rings is 1. The molecule has 0 fully saturated rings. The minimum absolute atomic E-state index is 0.0385. The molecule has 1 aromatic heterocycles. The van der Waals surface area contributed by atoms with Crippen LogP contribution in [0.1, 0.15) is 23.7 Å². The molecule has 1 aliphatic rings. The Morgan fingerprint density at radius 1 is 1.23 bits per heavy atom. The second-order valence-corrected chi connectivity index (χ2v) is 9.66. The van der Waals surface area contributed by atoms with Gasteiger partial charge in [-0.1, -0.05) is 29.8 Å². The third-order valence-electron chi connectivity index (χ3n) is 4.52. The predicted octanol–water partition coefficient (Wildman–Crippen LogP) is 3.78. The van der Waals surface area contributed by atoms with Crippen molar-refractivity contribution >= 4 is 44.0 Å². The predicted molar refractivity (Wildman–Crippen MR) is 116 cm³/mol. The lowest BCUT2D eigenvalue weighted by molar-refractivity contribution is -0.121. The molecule has 2 heterocycles. The maximum atomic E-state index is 12.5. The van der Waals surface area contributed by atoms with Gasteiger partial charge in [0.2, 0.25) is 5.91 Å². The topological polar surface area (TPSA) is 97.4 Å². The van der Waals surface area contributed by atoms with Crippen LogP contribution >= 0.6 is 22.9 Å². The number of hydrogen-bond acceptors (Lipinski definition) is 6. The Labute approximate surface area is 183 Å². The van der Waals surface area contributed by atoms with Gasteiger partial charge in [0.1, 0.15) is 5.75 Å². The summed E-state index contributed by atoms with van der Waals surface area (Å²) in [6.07, 6.45) is 0.676. The molecule has 1 amide bonds. The number of carbonyl (C=O) groups is 1. The Balaban J connectivity index is 1.40. The van der Waals surface area contributed by atoms with Crippen LogP contribution in [0, 0.1) is 0 Å². The van der Waals surface area contributed by atoms with Crippen molar-refractivity contribution in [1.29, 1.82) is 0 Å². The normalized spacial score (nSPS) is 15.7. The molecule has 1 unspecified atom stereocenters. The molecule has 0 radical (unpaired) electrons. The minimum atomic E-state index is -3.72. The van der Waals surface area contributed by atoms with E-state index in [4.69, 9.17) is 16.3 Å². The highest BCUT2D eigenvalue weighted by Crippen LogP contribution is 2.34. The van der Waals surface area contributed by atoms with Gasteiger partial charge in [-0.25, -0.2) is 13.4 Å². The Hall–Kier alpha value is -2.62. The second-order valence-electron chi connectivity index (χ2n) is 6.68. The molecule has 1 atom stereocenters. The van der Waals surface area contributed by atoms with E-state index in [1.165, 1.54) is 12.1 Å². The Morgan fingerprint density at radius 3 is 2.83 bits per heavy atom. The van der Waals surface area contributed by atoms with E-state index in [-0.39, 0.29) is 28.4 Å². The zero-order valence-electron chi connectivity index (χ0n) is 15.7. The summed E-state index contributed by atoms with van der Waals surface area (Å²) >= 11 is 7.21. The number of amides is 1. The van der Waals surface area contributed by atoms with E-state index >= 15 is 0 Å². The molecule has 156 valence electrons. The van der Waals surface area contributed by atoms with Crippen LogP contribution in [0.2, 0.25) is 5.02 Å². The van der Waals surface area contributed by atoms with Gasteiger partial charge in [-0.3, -0.25) is 9.52 Å². The summed E-state index contributed by atoms with van der Waals surface area (Å²) in [5.74, 6) is 0.498. The van der Waals surface area contributed by atoms with Crippen molar-refractivity contribution in [3.05, 3.63) is 70.2 Å². The van der Waals surface area contributed by atoms with E-state index in [9.17, 15) is 13.2 Å². The summed E-state index contributed by atoms with van der Waals surface area (Å²) < 4.78 is 32.8. The number of sulfonamides is 1. The number of rotatable bonds is 6. The van der Waals surface area contributed by atoms with Crippen molar-refractivity contribution in [2.24, 2.45) is 0 Å². The number of anilines is 1. The molecule has 4 rings (SSSR count). The van der Waals surface area contributed by atoms with Crippen molar-refractivity contribution < 1.29 is 17.9 Å². The molecule has 0 saturated heterocycles. The van der Waals surface area contributed by atoms with Crippen LogP contribution in [0.4, 0.5) is 5.13 Å². The first-order valence-electron chi connectivity index (χ1n) is 9.14. The summed E-state index contributed by atoms with van der Waals surface area (Å²) in [6, 6.07) is 13.2. The minimum Gasteiger partial charge on any atom is -0.493 e. The fourth-order valence-corrected chi connectivity index (χ4v) is 5.30. The lowest BCUT2D eigenvalue weighted by Gasteiger charge is -2.26. The van der Waals surface area contributed by atoms with Gasteiger partial charge in [0.05, 0.1) is 29.7 Å². The number of carbonyl (C=O) groups excluding carboxylic acids is 1. The molecule has 3 aromatic rings. The molecule has 2 aromatic carbocycles. The van der Waals surface area contributed by atoms with Gasteiger partial charge in [-0.05, 0) is 30.3 Å². The average molecular weight is 464 g/mol. The monoisotopic (exact) mass is 463 g/mol. The van der Waals surface area contributed by atoms with E-state index in [0.717, 1.165) is 16.9 Å². The van der Waals surface area contributed by atoms with Crippen molar-refractivity contribution in [1.82, 2.24) is 10.3 Å². The first kappa shape index (κ1) is 20.6. The second kappa shape index (κ2) is 8.63. The fraction of sp³-hybridized carbons (Fsp3) is 0.200. The summed E-state index contributed by atoms with van der Waals surface area (Å²) in [5.41, 5.74) is 1.33. The Bertz CT molecular complexity index is 1170. The molecule has 0 saturated carbocycles. The molecule has 0 bridgehead atoms. The van der Waals surface area contributed by atoms with Crippen molar-refractivity contribution in [2.45, 2.75) is 23.8 Å². The highest BCUT2D eigenvalue weighted by atomic mass is 35.5. The number of benzene rings is 2. The number of fused-ring (bicyclic) bond motifs is 1. The van der Waals surface area contributed by atoms with Crippen LogP contribution in [0.3, 0.4) is 0 Å². The quantitative estimate of drug-likeness (QED) is 0.579. The third kappa shape index (κ3) is 4.75. The van der Waals surface area contributed by atoms with Gasteiger partial charge >= 0.3 is 0 Å². The van der Waals surface area contributed by atoms with E-state index in [1.807, 2.05) is 0 Å². The van der Waals surface area contributed by atoms with E-state index in [1.54, 1.807) is 41.8 Å². The maximum Gasteiger partial charge on any atom is 0.263 e. The van der Waals surface area contributed by atoms with E-state index in [2.05, 4.69) is 15.0 Å². The zero-order valence-corrected chi connectivity index (χ0v) is 18.1. The highest BCUT2D eigenvalue weighted by molar-refractivity contribution is 7.93. The average Bonchev–Trinajstić information content (AvgIpc) is 3.15. The maximum absolute atomic E-state index is 12.5. The van der Waals surface area contributed by atoms with Crippen LogP contribution in [0.25, 0.3) is 0 Å². The Morgan fingerprint density at radius 2 is 2.03 bits per heavy atom. The first-order valence-corrected chi connectivity index (χ1v) is 11.9. The molecular formula is C20H18ClN3O4S2. The zero-order chi connectivity index (χ0) is 21.1. The van der Waals surface area contributed by atoms with Crippen LogP contribution in [-0.4, -0.2) is 25.9 Å². The molecule has 0 aliphatic carbocycles. The van der Waals surface area contributed by atoms with Crippen LogP contribution in [0.15, 0.2) is 58.8 Å². The lowest BCUT2D eigenvalue weighted by atomic mass is 10.0. The number of nitrogens with zero attached hydrogens (tertiary/aromatic N) is 1. The van der Waals surface area contributed by atoms with Crippen molar-refractivity contribution in [3.8, 4) is 5.75 Å². The summed E-state index contributed by atoms with van der Waals surface area (Å²) in [5, 5.41) is 5.44. The van der Waals surface area contributed by atoms with Crippen LogP contribution in [0.5, 0.6) is 5.75 Å².